The van der Waals surface area contributed by atoms with Crippen molar-refractivity contribution in [3.8, 4) is 0 Å². The van der Waals surface area contributed by atoms with E-state index in [4.69, 9.17) is 0 Å². The maximum atomic E-state index is 4.46. The second-order valence-corrected chi connectivity index (χ2v) is 8.64. The number of hydrogen-bond acceptors (Lipinski definition) is 0. The third-order valence-corrected chi connectivity index (χ3v) is 6.29. The molecule has 0 aromatic heterocycles. The maximum Gasteiger partial charge on any atom is -0.00518 e. The molecule has 0 bridgehead atoms. The number of hydrogen-bond donors (Lipinski definition) is 0. The largest absolute Gasteiger partial charge is 0.0990 e. The maximum absolute atomic E-state index is 4.46. The van der Waals surface area contributed by atoms with Gasteiger partial charge in [0.2, 0.25) is 0 Å². The van der Waals surface area contributed by atoms with Gasteiger partial charge in [0.25, 0.3) is 0 Å². The Morgan fingerprint density at radius 2 is 1.65 bits per heavy atom. The number of benzene rings is 3. The van der Waals surface area contributed by atoms with Gasteiger partial charge in [-0.1, -0.05) is 136 Å². The van der Waals surface area contributed by atoms with Crippen LogP contribution in [0.25, 0.3) is 23.8 Å². The summed E-state index contributed by atoms with van der Waals surface area (Å²) in [4.78, 5) is 0. The van der Waals surface area contributed by atoms with Gasteiger partial charge < -0.3 is 0 Å². The molecule has 0 N–H and O–H groups in total. The highest BCUT2D eigenvalue weighted by Gasteiger charge is 2.15. The van der Waals surface area contributed by atoms with Gasteiger partial charge in [-0.2, -0.15) is 0 Å². The topological polar surface area (TPSA) is 0 Å². The molecule has 0 saturated carbocycles. The van der Waals surface area contributed by atoms with Gasteiger partial charge in [0.15, 0.2) is 0 Å². The summed E-state index contributed by atoms with van der Waals surface area (Å²) in [5, 5.41) is 2.29. The molecule has 0 aliphatic rings. The lowest BCUT2D eigenvalue weighted by molar-refractivity contribution is 1.00. The van der Waals surface area contributed by atoms with Crippen molar-refractivity contribution in [3.05, 3.63) is 142 Å². The Balaban J connectivity index is 2.33. The van der Waals surface area contributed by atoms with Crippen molar-refractivity contribution in [2.45, 2.75) is 40.0 Å². The average Bonchev–Trinajstić information content (AvgIpc) is 2.85. The van der Waals surface area contributed by atoms with Crippen LogP contribution in [0.3, 0.4) is 0 Å². The monoisotopic (exact) mass is 444 g/mol. The lowest BCUT2D eigenvalue weighted by Crippen LogP contribution is -2.23. The van der Waals surface area contributed by atoms with Crippen LogP contribution in [-0.4, -0.2) is 0 Å². The molecule has 3 aromatic carbocycles. The molecule has 0 amide bonds. The normalized spacial score (nSPS) is 12.9. The molecular weight excluding hydrogens is 408 g/mol. The van der Waals surface area contributed by atoms with E-state index in [1.165, 1.54) is 49.8 Å². The predicted molar refractivity (Wildman–Crippen MR) is 152 cm³/mol. The van der Waals surface area contributed by atoms with Crippen LogP contribution in [0.1, 0.15) is 54.5 Å². The van der Waals surface area contributed by atoms with Crippen LogP contribution in [0.4, 0.5) is 0 Å². The molecule has 0 heteroatoms. The third kappa shape index (κ3) is 5.83. The van der Waals surface area contributed by atoms with E-state index in [-0.39, 0.29) is 0 Å². The minimum atomic E-state index is 0.849. The first-order chi connectivity index (χ1) is 16.5. The zero-order valence-electron chi connectivity index (χ0n) is 20.9. The first-order valence-corrected chi connectivity index (χ1v) is 12.1. The molecule has 0 radical (unpaired) electrons. The standard InChI is InChI=1S/C34H36/c1-7-15-31(30-18-12-11-13-19-30)34-32(29(9-3)10-4)21-20-26(6)33(34)24-27(8-2)23-28-17-14-16-25(5)22-28/h7,9,11-23H,1,3,6,8,10,24H2,2,4-5H3/b27-23-,31-15-,32-29+. The van der Waals surface area contributed by atoms with Crippen molar-refractivity contribution in [2.75, 3.05) is 0 Å². The zero-order chi connectivity index (χ0) is 24.5. The minimum Gasteiger partial charge on any atom is -0.0990 e. The van der Waals surface area contributed by atoms with E-state index in [1.54, 1.807) is 0 Å². The SMILES string of the molecule is C=C/C=C(/c1ccccc1)c1c(C/C(=C\c2cccc(C)c2)CC)c(=C)cc/c1=C(/C=C)CC. The van der Waals surface area contributed by atoms with Gasteiger partial charge in [0.05, 0.1) is 0 Å². The molecular formula is C34H36. The Morgan fingerprint density at radius 1 is 0.882 bits per heavy atom. The van der Waals surface area contributed by atoms with E-state index < -0.39 is 0 Å². The van der Waals surface area contributed by atoms with E-state index >= 15 is 0 Å². The van der Waals surface area contributed by atoms with Gasteiger partial charge in [-0.15, -0.1) is 0 Å². The van der Waals surface area contributed by atoms with Crippen molar-refractivity contribution in [3.63, 3.8) is 0 Å². The number of allylic oxidation sites excluding steroid dienone is 4. The number of aryl methyl sites for hydroxylation is 1. The van der Waals surface area contributed by atoms with Crippen LogP contribution in [-0.2, 0) is 6.42 Å². The average molecular weight is 445 g/mol. The van der Waals surface area contributed by atoms with Crippen molar-refractivity contribution in [1.29, 1.82) is 0 Å². The summed E-state index contributed by atoms with van der Waals surface area (Å²) in [6.45, 7) is 19.2. The van der Waals surface area contributed by atoms with Gasteiger partial charge in [-0.3, -0.25) is 0 Å². The van der Waals surface area contributed by atoms with Crippen LogP contribution in [0.15, 0.2) is 104 Å². The highest BCUT2D eigenvalue weighted by atomic mass is 14.2. The summed E-state index contributed by atoms with van der Waals surface area (Å²) in [7, 11) is 0. The Bertz CT molecular complexity index is 1330. The zero-order valence-corrected chi connectivity index (χ0v) is 20.9. The van der Waals surface area contributed by atoms with Crippen molar-refractivity contribution < 1.29 is 0 Å². The summed E-state index contributed by atoms with van der Waals surface area (Å²) in [5.74, 6) is 0. The molecule has 3 aromatic rings. The van der Waals surface area contributed by atoms with Crippen LogP contribution < -0.4 is 10.4 Å². The van der Waals surface area contributed by atoms with Crippen LogP contribution >= 0.6 is 0 Å². The molecule has 0 spiro atoms. The highest BCUT2D eigenvalue weighted by Crippen LogP contribution is 2.26. The van der Waals surface area contributed by atoms with Crippen molar-refractivity contribution >= 4 is 23.8 Å². The summed E-state index contributed by atoms with van der Waals surface area (Å²) >= 11 is 0. The Kier molecular flexibility index (Phi) is 8.82. The van der Waals surface area contributed by atoms with Crippen LogP contribution in [0.2, 0.25) is 0 Å². The molecule has 0 nitrogen and oxygen atoms in total. The fourth-order valence-corrected chi connectivity index (χ4v) is 4.47. The minimum absolute atomic E-state index is 0.849. The van der Waals surface area contributed by atoms with E-state index in [9.17, 15) is 0 Å². The fraction of sp³-hybridized carbons (Fsp3) is 0.176. The van der Waals surface area contributed by atoms with Crippen LogP contribution in [0.5, 0.6) is 0 Å². The molecule has 0 atom stereocenters. The molecule has 0 heterocycles. The van der Waals surface area contributed by atoms with E-state index in [1.807, 2.05) is 12.2 Å². The first-order valence-electron chi connectivity index (χ1n) is 12.1. The van der Waals surface area contributed by atoms with E-state index in [0.717, 1.165) is 24.5 Å². The van der Waals surface area contributed by atoms with Gasteiger partial charge in [-0.05, 0) is 70.0 Å². The van der Waals surface area contributed by atoms with Crippen molar-refractivity contribution in [1.82, 2.24) is 0 Å². The van der Waals surface area contributed by atoms with Crippen molar-refractivity contribution in [2.24, 2.45) is 0 Å². The second kappa shape index (κ2) is 12.0. The molecule has 3 rings (SSSR count). The summed E-state index contributed by atoms with van der Waals surface area (Å²) < 4.78 is 0. The molecule has 0 unspecified atom stereocenters. The molecule has 0 fully saturated rings. The highest BCUT2D eigenvalue weighted by molar-refractivity contribution is 5.84. The van der Waals surface area contributed by atoms with Gasteiger partial charge in [0, 0.05) is 0 Å². The van der Waals surface area contributed by atoms with Gasteiger partial charge in [0.1, 0.15) is 0 Å². The number of rotatable bonds is 9. The summed E-state index contributed by atoms with van der Waals surface area (Å²) in [6.07, 6.45) is 11.1. The second-order valence-electron chi connectivity index (χ2n) is 8.64. The quantitative estimate of drug-likeness (QED) is 0.295. The lowest BCUT2D eigenvalue weighted by Gasteiger charge is -2.18. The summed E-state index contributed by atoms with van der Waals surface area (Å²) in [6, 6.07) is 23.6. The van der Waals surface area contributed by atoms with E-state index in [2.05, 4.69) is 119 Å². The van der Waals surface area contributed by atoms with Gasteiger partial charge in [-0.25, -0.2) is 0 Å². The lowest BCUT2D eigenvalue weighted by atomic mass is 9.86. The Morgan fingerprint density at radius 3 is 2.26 bits per heavy atom. The predicted octanol–water partition coefficient (Wildman–Crippen LogP) is 7.81. The summed E-state index contributed by atoms with van der Waals surface area (Å²) in [5.41, 5.74) is 10.00. The first kappa shape index (κ1) is 25.0. The molecule has 34 heavy (non-hydrogen) atoms. The fourth-order valence-electron chi connectivity index (χ4n) is 4.47. The Hall–Kier alpha value is -3.64. The third-order valence-electron chi connectivity index (χ3n) is 6.29. The smallest absolute Gasteiger partial charge is 0.00518 e. The molecule has 172 valence electrons. The Labute approximate surface area is 205 Å². The molecule has 0 aliphatic heterocycles. The molecule has 0 aliphatic carbocycles. The molecule has 0 saturated heterocycles. The van der Waals surface area contributed by atoms with E-state index in [0.29, 0.717) is 0 Å². The van der Waals surface area contributed by atoms with Crippen LogP contribution in [0, 0.1) is 6.92 Å². The van der Waals surface area contributed by atoms with Gasteiger partial charge >= 0.3 is 0 Å².